The summed E-state index contributed by atoms with van der Waals surface area (Å²) in [6, 6.07) is 34.9. The summed E-state index contributed by atoms with van der Waals surface area (Å²) in [5, 5.41) is 7.49. The van der Waals surface area contributed by atoms with Crippen LogP contribution in [0.1, 0.15) is 95.8 Å². The van der Waals surface area contributed by atoms with Crippen LogP contribution in [0.15, 0.2) is 103 Å². The van der Waals surface area contributed by atoms with E-state index in [9.17, 15) is 0 Å². The van der Waals surface area contributed by atoms with E-state index in [1.165, 1.54) is 57.9 Å². The van der Waals surface area contributed by atoms with Crippen LogP contribution in [-0.2, 0) is 17.3 Å². The van der Waals surface area contributed by atoms with Crippen molar-refractivity contribution in [3.63, 3.8) is 0 Å². The molecule has 52 heavy (non-hydrogen) atoms. The van der Waals surface area contributed by atoms with E-state index < -0.39 is 0 Å². The van der Waals surface area contributed by atoms with Crippen LogP contribution in [0.3, 0.4) is 0 Å². The molecule has 0 aliphatic heterocycles. The van der Waals surface area contributed by atoms with E-state index in [1.54, 1.807) is 0 Å². The highest BCUT2D eigenvalue weighted by atomic mass is 16.5. The fourth-order valence-corrected chi connectivity index (χ4v) is 7.35. The fraction of sp³-hybridized carbons (Fsp3) is 0.319. The van der Waals surface area contributed by atoms with E-state index >= 15 is 0 Å². The molecule has 0 spiro atoms. The minimum Gasteiger partial charge on any atom is -0.457 e. The Bertz CT molecular complexity index is 2380. The summed E-state index contributed by atoms with van der Waals surface area (Å²) in [5.74, 6) is 2.48. The van der Waals surface area contributed by atoms with Gasteiger partial charge in [0.15, 0.2) is 0 Å². The largest absolute Gasteiger partial charge is 0.457 e. The van der Waals surface area contributed by atoms with Crippen LogP contribution in [0.5, 0.6) is 11.5 Å². The average molecular weight is 689 g/mol. The lowest BCUT2D eigenvalue weighted by Crippen LogP contribution is -2.12. The van der Waals surface area contributed by atoms with Gasteiger partial charge in [-0.25, -0.2) is 9.67 Å². The molecule has 0 saturated heterocycles. The monoisotopic (exact) mass is 688 g/mol. The predicted octanol–water partition coefficient (Wildman–Crippen LogP) is 12.8. The molecule has 0 aliphatic carbocycles. The van der Waals surface area contributed by atoms with Crippen molar-refractivity contribution in [3.05, 3.63) is 131 Å². The van der Waals surface area contributed by atoms with Crippen LogP contribution in [0.4, 0.5) is 0 Å². The van der Waals surface area contributed by atoms with Gasteiger partial charge in [-0.3, -0.25) is 4.57 Å². The maximum Gasteiger partial charge on any atom is 0.137 e. The minimum absolute atomic E-state index is 0.000275. The Morgan fingerprint density at radius 2 is 1.44 bits per heavy atom. The Morgan fingerprint density at radius 1 is 0.673 bits per heavy atom. The van der Waals surface area contributed by atoms with Crippen molar-refractivity contribution >= 4 is 21.8 Å². The van der Waals surface area contributed by atoms with E-state index in [1.807, 2.05) is 6.20 Å². The van der Waals surface area contributed by atoms with Crippen LogP contribution in [0.25, 0.3) is 44.4 Å². The molecule has 0 aliphatic rings. The van der Waals surface area contributed by atoms with Crippen molar-refractivity contribution in [2.45, 2.75) is 98.8 Å². The Kier molecular flexibility index (Phi) is 9.33. The Hall–Kier alpha value is -5.16. The number of pyridine rings is 1. The fourth-order valence-electron chi connectivity index (χ4n) is 7.35. The molecule has 0 fully saturated rings. The molecule has 3 heterocycles. The summed E-state index contributed by atoms with van der Waals surface area (Å²) in [6.07, 6.45) is 6.69. The summed E-state index contributed by atoms with van der Waals surface area (Å²) in [5.41, 5.74) is 11.4. The molecule has 5 heteroatoms. The summed E-state index contributed by atoms with van der Waals surface area (Å²) in [6.45, 7) is 20.0. The molecule has 0 unspecified atom stereocenters. The first-order valence-corrected chi connectivity index (χ1v) is 18.8. The number of aromatic nitrogens is 4. The lowest BCUT2D eigenvalue weighted by molar-refractivity contribution is 0.478. The summed E-state index contributed by atoms with van der Waals surface area (Å²) < 4.78 is 11.2. The number of fused-ring (bicyclic) bond motifs is 3. The van der Waals surface area contributed by atoms with Crippen LogP contribution < -0.4 is 4.74 Å². The zero-order chi connectivity index (χ0) is 36.8. The number of ether oxygens (including phenoxy) is 1. The molecule has 0 amide bonds. The molecular weight excluding hydrogens is 637 g/mol. The zero-order valence-electron chi connectivity index (χ0n) is 32.3. The van der Waals surface area contributed by atoms with Gasteiger partial charge in [0.05, 0.1) is 22.4 Å². The van der Waals surface area contributed by atoms with Gasteiger partial charge in [0, 0.05) is 40.4 Å². The molecule has 0 bridgehead atoms. The first-order chi connectivity index (χ1) is 24.8. The molecule has 266 valence electrons. The maximum atomic E-state index is 6.83. The van der Waals surface area contributed by atoms with E-state index in [0.717, 1.165) is 51.8 Å². The first-order valence-electron chi connectivity index (χ1n) is 18.8. The number of rotatable bonds is 9. The molecule has 0 saturated carbocycles. The summed E-state index contributed by atoms with van der Waals surface area (Å²) in [4.78, 5) is 4.93. The second-order valence-corrected chi connectivity index (χ2v) is 16.4. The number of benzene rings is 4. The summed E-state index contributed by atoms with van der Waals surface area (Å²) in [7, 11) is 0. The van der Waals surface area contributed by atoms with E-state index in [0.29, 0.717) is 0 Å². The average Bonchev–Trinajstić information content (AvgIpc) is 3.60. The lowest BCUT2D eigenvalue weighted by atomic mass is 9.86. The van der Waals surface area contributed by atoms with Gasteiger partial charge in [0.25, 0.3) is 0 Å². The highest BCUT2D eigenvalue weighted by Crippen LogP contribution is 2.38. The van der Waals surface area contributed by atoms with Crippen LogP contribution in [-0.4, -0.2) is 19.3 Å². The van der Waals surface area contributed by atoms with Crippen molar-refractivity contribution < 1.29 is 4.74 Å². The highest BCUT2D eigenvalue weighted by molar-refractivity contribution is 6.09. The van der Waals surface area contributed by atoms with Gasteiger partial charge in [-0.2, -0.15) is 5.10 Å². The van der Waals surface area contributed by atoms with Gasteiger partial charge in [-0.1, -0.05) is 97.7 Å². The highest BCUT2D eigenvalue weighted by Gasteiger charge is 2.22. The SMILES string of the molecule is CCCCCc1ccc2c(c1)c1ccc(Oc3cc(-n4nc(C)c(-c5ccccc5)c4C)cc(C(C)(C)C)c3)cc1n2-c1cc(C(C)(C)C)ccn1. The molecule has 0 radical (unpaired) electrons. The number of unbranched alkanes of at least 4 members (excludes halogenated alkanes) is 2. The van der Waals surface area contributed by atoms with Crippen molar-refractivity contribution in [1.82, 2.24) is 19.3 Å². The first kappa shape index (κ1) is 35.3. The van der Waals surface area contributed by atoms with Crippen molar-refractivity contribution in [1.29, 1.82) is 0 Å². The normalized spacial score (nSPS) is 12.2. The van der Waals surface area contributed by atoms with Gasteiger partial charge < -0.3 is 4.74 Å². The molecule has 5 nitrogen and oxygen atoms in total. The quantitative estimate of drug-likeness (QED) is 0.142. The smallest absolute Gasteiger partial charge is 0.137 e. The predicted molar refractivity (Wildman–Crippen MR) is 218 cm³/mol. The van der Waals surface area contributed by atoms with E-state index in [-0.39, 0.29) is 10.8 Å². The van der Waals surface area contributed by atoms with Gasteiger partial charge >= 0.3 is 0 Å². The third-order valence-electron chi connectivity index (χ3n) is 10.3. The van der Waals surface area contributed by atoms with Crippen LogP contribution >= 0.6 is 0 Å². The molecule has 0 N–H and O–H groups in total. The van der Waals surface area contributed by atoms with Crippen LogP contribution in [0, 0.1) is 13.8 Å². The minimum atomic E-state index is -0.0958. The Morgan fingerprint density at radius 3 is 2.17 bits per heavy atom. The van der Waals surface area contributed by atoms with Crippen molar-refractivity contribution in [2.75, 3.05) is 0 Å². The number of nitrogens with zero attached hydrogens (tertiary/aromatic N) is 4. The van der Waals surface area contributed by atoms with E-state index in [4.69, 9.17) is 14.8 Å². The van der Waals surface area contributed by atoms with Gasteiger partial charge in [0.1, 0.15) is 17.3 Å². The third kappa shape index (κ3) is 6.89. The second-order valence-electron chi connectivity index (χ2n) is 16.4. The van der Waals surface area contributed by atoms with E-state index in [2.05, 4.69) is 169 Å². The second kappa shape index (κ2) is 13.8. The number of hydrogen-bond donors (Lipinski definition) is 0. The van der Waals surface area contributed by atoms with Gasteiger partial charge in [-0.05, 0) is 108 Å². The number of aryl methyl sites for hydroxylation is 2. The molecule has 0 atom stereocenters. The van der Waals surface area contributed by atoms with Gasteiger partial charge in [0.2, 0.25) is 0 Å². The Labute approximate surface area is 309 Å². The molecule has 7 aromatic rings. The molecule has 3 aromatic heterocycles. The molecule has 7 rings (SSSR count). The topological polar surface area (TPSA) is 44.9 Å². The third-order valence-corrected chi connectivity index (χ3v) is 10.3. The van der Waals surface area contributed by atoms with Crippen LogP contribution in [0.2, 0.25) is 0 Å². The summed E-state index contributed by atoms with van der Waals surface area (Å²) >= 11 is 0. The molecular formula is C47H52N4O. The van der Waals surface area contributed by atoms with Gasteiger partial charge in [-0.15, -0.1) is 0 Å². The standard InChI is InChI=1S/C47H52N4O/c1-10-11-13-16-33-19-22-42-41(25-33)40-21-20-38(30-43(40)50(42)44-28-35(23-24-48-44)46(4,5)6)52-39-27-36(47(7,8)9)26-37(29-39)51-32(3)45(31(2)49-51)34-17-14-12-15-18-34/h12,14-15,17-30H,10-11,13,16H2,1-9H3. The van der Waals surface area contributed by atoms with Crippen molar-refractivity contribution in [2.24, 2.45) is 0 Å². The number of hydrogen-bond acceptors (Lipinski definition) is 3. The zero-order valence-corrected chi connectivity index (χ0v) is 32.3. The maximum absolute atomic E-state index is 6.83. The Balaban J connectivity index is 1.35. The lowest BCUT2D eigenvalue weighted by Gasteiger charge is -2.22. The molecule has 4 aromatic carbocycles. The van der Waals surface area contributed by atoms with Crippen molar-refractivity contribution in [3.8, 4) is 34.1 Å².